The van der Waals surface area contributed by atoms with Crippen LogP contribution in [0.4, 0.5) is 0 Å². The van der Waals surface area contributed by atoms with Gasteiger partial charge in [-0.1, -0.05) is 19.9 Å². The molecule has 1 aliphatic carbocycles. The maximum absolute atomic E-state index is 5.91. The maximum atomic E-state index is 5.91. The Morgan fingerprint density at radius 2 is 2.06 bits per heavy atom. The highest BCUT2D eigenvalue weighted by molar-refractivity contribution is 5.36. The van der Waals surface area contributed by atoms with Gasteiger partial charge < -0.3 is 10.1 Å². The van der Waals surface area contributed by atoms with Gasteiger partial charge in [-0.25, -0.2) is 0 Å². The van der Waals surface area contributed by atoms with E-state index in [1.807, 2.05) is 7.05 Å². The minimum Gasteiger partial charge on any atom is -0.492 e. The molecule has 0 radical (unpaired) electrons. The SMILES string of the molecule is CNC(COc1ccc(C(C)C)c(C)c1)C1CC1. The van der Waals surface area contributed by atoms with E-state index in [-0.39, 0.29) is 0 Å². The van der Waals surface area contributed by atoms with Crippen LogP contribution < -0.4 is 10.1 Å². The first-order valence-corrected chi connectivity index (χ1v) is 7.02. The molecule has 1 aliphatic rings. The van der Waals surface area contributed by atoms with Crippen LogP contribution in [0.15, 0.2) is 18.2 Å². The largest absolute Gasteiger partial charge is 0.492 e. The van der Waals surface area contributed by atoms with E-state index in [2.05, 4.69) is 44.3 Å². The van der Waals surface area contributed by atoms with Crippen molar-refractivity contribution in [1.29, 1.82) is 0 Å². The van der Waals surface area contributed by atoms with Gasteiger partial charge in [-0.05, 0) is 61.9 Å². The smallest absolute Gasteiger partial charge is 0.119 e. The number of hydrogen-bond acceptors (Lipinski definition) is 2. The molecular weight excluding hydrogens is 222 g/mol. The Hall–Kier alpha value is -1.02. The fourth-order valence-electron chi connectivity index (χ4n) is 2.53. The van der Waals surface area contributed by atoms with Crippen molar-refractivity contribution in [3.05, 3.63) is 29.3 Å². The molecule has 1 atom stereocenters. The van der Waals surface area contributed by atoms with Crippen molar-refractivity contribution in [3.8, 4) is 5.75 Å². The zero-order chi connectivity index (χ0) is 13.1. The highest BCUT2D eigenvalue weighted by Crippen LogP contribution is 2.33. The van der Waals surface area contributed by atoms with Crippen LogP contribution >= 0.6 is 0 Å². The Labute approximate surface area is 111 Å². The molecule has 1 N–H and O–H groups in total. The zero-order valence-corrected chi connectivity index (χ0v) is 12.0. The van der Waals surface area contributed by atoms with E-state index in [1.165, 1.54) is 24.0 Å². The lowest BCUT2D eigenvalue weighted by atomic mass is 9.98. The van der Waals surface area contributed by atoms with Gasteiger partial charge in [0.25, 0.3) is 0 Å². The summed E-state index contributed by atoms with van der Waals surface area (Å²) in [4.78, 5) is 0. The van der Waals surface area contributed by atoms with E-state index < -0.39 is 0 Å². The van der Waals surface area contributed by atoms with Gasteiger partial charge in [0.05, 0.1) is 0 Å². The Morgan fingerprint density at radius 1 is 1.33 bits per heavy atom. The average molecular weight is 247 g/mol. The molecule has 0 aromatic heterocycles. The van der Waals surface area contributed by atoms with Gasteiger partial charge in [-0.2, -0.15) is 0 Å². The topological polar surface area (TPSA) is 21.3 Å². The number of likely N-dealkylation sites (N-methyl/N-ethyl adjacent to an activating group) is 1. The van der Waals surface area contributed by atoms with Crippen LogP contribution in [0.25, 0.3) is 0 Å². The second kappa shape index (κ2) is 5.75. The van der Waals surface area contributed by atoms with Crippen LogP contribution in [0.3, 0.4) is 0 Å². The summed E-state index contributed by atoms with van der Waals surface area (Å²) in [6.07, 6.45) is 2.69. The summed E-state index contributed by atoms with van der Waals surface area (Å²) in [5.74, 6) is 2.40. The van der Waals surface area contributed by atoms with Crippen molar-refractivity contribution < 1.29 is 4.74 Å². The minimum absolute atomic E-state index is 0.509. The van der Waals surface area contributed by atoms with Gasteiger partial charge in [-0.15, -0.1) is 0 Å². The fourth-order valence-corrected chi connectivity index (χ4v) is 2.53. The molecular formula is C16H25NO. The van der Waals surface area contributed by atoms with Crippen LogP contribution in [0.5, 0.6) is 5.75 Å². The molecule has 18 heavy (non-hydrogen) atoms. The van der Waals surface area contributed by atoms with Crippen molar-refractivity contribution in [3.63, 3.8) is 0 Å². The molecule has 1 fully saturated rings. The van der Waals surface area contributed by atoms with E-state index >= 15 is 0 Å². The molecule has 2 rings (SSSR count). The summed E-state index contributed by atoms with van der Waals surface area (Å²) in [7, 11) is 2.03. The Balaban J connectivity index is 1.95. The van der Waals surface area contributed by atoms with Crippen LogP contribution in [0.1, 0.15) is 43.7 Å². The fraction of sp³-hybridized carbons (Fsp3) is 0.625. The van der Waals surface area contributed by atoms with Crippen molar-refractivity contribution in [2.24, 2.45) is 5.92 Å². The number of aryl methyl sites for hydroxylation is 1. The molecule has 0 aliphatic heterocycles. The summed E-state index contributed by atoms with van der Waals surface area (Å²) in [5.41, 5.74) is 2.74. The summed E-state index contributed by atoms with van der Waals surface area (Å²) in [6, 6.07) is 6.97. The van der Waals surface area contributed by atoms with Crippen molar-refractivity contribution in [2.45, 2.75) is 45.6 Å². The van der Waals surface area contributed by atoms with Gasteiger partial charge >= 0.3 is 0 Å². The number of nitrogens with one attached hydrogen (secondary N) is 1. The number of ether oxygens (including phenoxy) is 1. The van der Waals surface area contributed by atoms with E-state index in [0.717, 1.165) is 18.3 Å². The highest BCUT2D eigenvalue weighted by atomic mass is 16.5. The second-order valence-electron chi connectivity index (χ2n) is 5.72. The summed E-state index contributed by atoms with van der Waals surface area (Å²) in [5, 5.41) is 3.35. The summed E-state index contributed by atoms with van der Waals surface area (Å²) < 4.78 is 5.91. The van der Waals surface area contributed by atoms with Crippen LogP contribution in [-0.2, 0) is 0 Å². The lowest BCUT2D eigenvalue weighted by molar-refractivity contribution is 0.256. The highest BCUT2D eigenvalue weighted by Gasteiger charge is 2.30. The quantitative estimate of drug-likeness (QED) is 0.830. The third-order valence-electron chi connectivity index (χ3n) is 3.85. The van der Waals surface area contributed by atoms with Crippen LogP contribution in [0.2, 0.25) is 0 Å². The molecule has 0 saturated heterocycles. The Bertz CT molecular complexity index is 396. The van der Waals surface area contributed by atoms with Gasteiger partial charge in [0.15, 0.2) is 0 Å². The summed E-state index contributed by atoms with van der Waals surface area (Å²) in [6.45, 7) is 7.40. The van der Waals surface area contributed by atoms with Crippen molar-refractivity contribution in [2.75, 3.05) is 13.7 Å². The molecule has 0 bridgehead atoms. The zero-order valence-electron chi connectivity index (χ0n) is 12.0. The molecule has 1 aromatic rings. The first-order valence-electron chi connectivity index (χ1n) is 7.02. The molecule has 1 saturated carbocycles. The molecule has 2 heteroatoms. The Kier molecular flexibility index (Phi) is 4.28. The lowest BCUT2D eigenvalue weighted by Crippen LogP contribution is -2.33. The van der Waals surface area contributed by atoms with E-state index in [9.17, 15) is 0 Å². The van der Waals surface area contributed by atoms with Crippen LogP contribution in [0, 0.1) is 12.8 Å². The standard InChI is InChI=1S/C16H25NO/c1-11(2)15-8-7-14(9-12(15)3)18-10-16(17-4)13-5-6-13/h7-9,11,13,16-17H,5-6,10H2,1-4H3. The molecule has 1 unspecified atom stereocenters. The molecule has 1 aromatic carbocycles. The normalized spacial score (nSPS) is 16.9. The van der Waals surface area contributed by atoms with E-state index in [4.69, 9.17) is 4.74 Å². The second-order valence-corrected chi connectivity index (χ2v) is 5.72. The number of hydrogen-bond donors (Lipinski definition) is 1. The van der Waals surface area contributed by atoms with Gasteiger partial charge in [0, 0.05) is 6.04 Å². The number of rotatable bonds is 6. The first kappa shape index (κ1) is 13.4. The minimum atomic E-state index is 0.509. The molecule has 100 valence electrons. The summed E-state index contributed by atoms with van der Waals surface area (Å²) >= 11 is 0. The monoisotopic (exact) mass is 247 g/mol. The van der Waals surface area contributed by atoms with Crippen molar-refractivity contribution >= 4 is 0 Å². The van der Waals surface area contributed by atoms with Crippen LogP contribution in [-0.4, -0.2) is 19.7 Å². The molecule has 2 nitrogen and oxygen atoms in total. The average Bonchev–Trinajstić information content (AvgIpc) is 3.14. The van der Waals surface area contributed by atoms with Gasteiger partial charge in [0.2, 0.25) is 0 Å². The third kappa shape index (κ3) is 3.26. The first-order chi connectivity index (χ1) is 8.61. The molecule has 0 spiro atoms. The predicted molar refractivity (Wildman–Crippen MR) is 76.3 cm³/mol. The lowest BCUT2D eigenvalue weighted by Gasteiger charge is -2.17. The molecule has 0 heterocycles. The predicted octanol–water partition coefficient (Wildman–Crippen LogP) is 3.50. The van der Waals surface area contributed by atoms with Crippen molar-refractivity contribution in [1.82, 2.24) is 5.32 Å². The Morgan fingerprint density at radius 3 is 2.56 bits per heavy atom. The maximum Gasteiger partial charge on any atom is 0.119 e. The van der Waals surface area contributed by atoms with E-state index in [0.29, 0.717) is 12.0 Å². The number of benzene rings is 1. The van der Waals surface area contributed by atoms with Gasteiger partial charge in [0.1, 0.15) is 12.4 Å². The van der Waals surface area contributed by atoms with E-state index in [1.54, 1.807) is 0 Å². The third-order valence-corrected chi connectivity index (χ3v) is 3.85. The van der Waals surface area contributed by atoms with Gasteiger partial charge in [-0.3, -0.25) is 0 Å². The molecule has 0 amide bonds.